The highest BCUT2D eigenvalue weighted by Gasteiger charge is 2.47. The van der Waals surface area contributed by atoms with Gasteiger partial charge in [0.1, 0.15) is 12.2 Å². The number of amides is 1. The number of likely N-dealkylation sites (tertiary alicyclic amines) is 1. The lowest BCUT2D eigenvalue weighted by Crippen LogP contribution is -2.43. The minimum Gasteiger partial charge on any atom is -0.321 e. The molecule has 10 heteroatoms. The molecule has 0 N–H and O–H groups in total. The van der Waals surface area contributed by atoms with Crippen molar-refractivity contribution in [3.63, 3.8) is 0 Å². The second-order valence-electron chi connectivity index (χ2n) is 12.5. The third-order valence-electron chi connectivity index (χ3n) is 9.33. The third-order valence-corrected chi connectivity index (χ3v) is 9.33. The number of aromatic nitrogens is 3. The number of hydrogen-bond acceptors (Lipinski definition) is 5. The maximum atomic E-state index is 14.4. The van der Waals surface area contributed by atoms with Gasteiger partial charge < -0.3 is 9.47 Å². The number of carbonyl (C=O) groups is 1. The maximum absolute atomic E-state index is 14.4. The molecule has 1 saturated carbocycles. The van der Waals surface area contributed by atoms with Crippen LogP contribution in [0.5, 0.6) is 0 Å². The van der Waals surface area contributed by atoms with Gasteiger partial charge in [0.2, 0.25) is 0 Å². The number of nitriles is 1. The van der Waals surface area contributed by atoms with E-state index < -0.39 is 17.6 Å². The van der Waals surface area contributed by atoms with Gasteiger partial charge in [0.05, 0.1) is 18.2 Å². The van der Waals surface area contributed by atoms with E-state index in [1.54, 1.807) is 18.5 Å². The monoisotopic (exact) mass is 576 g/mol. The molecular formula is C32H35F3N6O. The largest absolute Gasteiger partial charge is 0.416 e. The van der Waals surface area contributed by atoms with Crippen LogP contribution < -0.4 is 4.90 Å². The highest BCUT2D eigenvalue weighted by molar-refractivity contribution is 6.10. The zero-order chi connectivity index (χ0) is 29.6. The second-order valence-corrected chi connectivity index (χ2v) is 12.5. The Hall–Kier alpha value is -3.71. The second kappa shape index (κ2) is 10.8. The predicted octanol–water partition coefficient (Wildman–Crippen LogP) is 6.03. The van der Waals surface area contributed by atoms with Crippen molar-refractivity contribution in [3.05, 3.63) is 76.4 Å². The summed E-state index contributed by atoms with van der Waals surface area (Å²) in [5, 5.41) is 17.8. The van der Waals surface area contributed by atoms with Crippen molar-refractivity contribution in [3.8, 4) is 6.07 Å². The quantitative estimate of drug-likeness (QED) is 0.358. The van der Waals surface area contributed by atoms with Crippen molar-refractivity contribution in [2.45, 2.75) is 70.1 Å². The van der Waals surface area contributed by atoms with Crippen LogP contribution in [0, 0.1) is 23.2 Å². The van der Waals surface area contributed by atoms with Crippen LogP contribution >= 0.6 is 0 Å². The molecule has 42 heavy (non-hydrogen) atoms. The van der Waals surface area contributed by atoms with Crippen molar-refractivity contribution < 1.29 is 18.0 Å². The minimum absolute atomic E-state index is 0.0351. The fourth-order valence-corrected chi connectivity index (χ4v) is 7.10. The molecule has 0 spiro atoms. The average Bonchev–Trinajstić information content (AvgIpc) is 3.41. The normalized spacial score (nSPS) is 24.7. The highest BCUT2D eigenvalue weighted by atomic mass is 19.4. The molecule has 1 unspecified atom stereocenters. The Morgan fingerprint density at radius 2 is 1.98 bits per heavy atom. The van der Waals surface area contributed by atoms with Gasteiger partial charge in [-0.3, -0.25) is 9.69 Å². The summed E-state index contributed by atoms with van der Waals surface area (Å²) < 4.78 is 44.9. The third kappa shape index (κ3) is 5.31. The fourth-order valence-electron chi connectivity index (χ4n) is 7.10. The van der Waals surface area contributed by atoms with E-state index in [1.165, 1.54) is 11.0 Å². The molecule has 0 bridgehead atoms. The molecule has 2 fully saturated rings. The van der Waals surface area contributed by atoms with Crippen LogP contribution in [0.4, 0.5) is 18.9 Å². The van der Waals surface area contributed by atoms with Crippen molar-refractivity contribution in [2.75, 3.05) is 18.0 Å². The van der Waals surface area contributed by atoms with E-state index in [4.69, 9.17) is 0 Å². The van der Waals surface area contributed by atoms with Crippen molar-refractivity contribution >= 4 is 11.6 Å². The Kier molecular flexibility index (Phi) is 7.34. The van der Waals surface area contributed by atoms with Gasteiger partial charge in [-0.15, -0.1) is 10.2 Å². The number of fused-ring (bicyclic) bond motifs is 1. The first kappa shape index (κ1) is 28.4. The van der Waals surface area contributed by atoms with Crippen LogP contribution in [0.15, 0.2) is 42.7 Å². The summed E-state index contributed by atoms with van der Waals surface area (Å²) in [6.07, 6.45) is 2.21. The molecule has 2 aliphatic heterocycles. The number of carbonyl (C=O) groups excluding carboxylic acids is 1. The van der Waals surface area contributed by atoms with E-state index in [-0.39, 0.29) is 29.0 Å². The van der Waals surface area contributed by atoms with Crippen LogP contribution in [0.2, 0.25) is 0 Å². The SMILES string of the molecule is CC1CCCCN(Cc2cc3c(c(C(F)(F)F)c2)CN(c2cccc([C@]4(Cc5nncn5C)C[C@@H](C#N)C4)c2)C3=O)C1. The van der Waals surface area contributed by atoms with E-state index in [0.717, 1.165) is 43.7 Å². The molecule has 1 saturated heterocycles. The number of aryl methyl sites for hydroxylation is 1. The summed E-state index contributed by atoms with van der Waals surface area (Å²) in [5.74, 6) is 0.788. The van der Waals surface area contributed by atoms with Gasteiger partial charge in [-0.1, -0.05) is 25.5 Å². The topological polar surface area (TPSA) is 78.1 Å². The number of benzene rings is 2. The van der Waals surface area contributed by atoms with E-state index in [1.807, 2.05) is 29.8 Å². The number of nitrogens with zero attached hydrogens (tertiary/aromatic N) is 6. The molecular weight excluding hydrogens is 541 g/mol. The molecule has 0 radical (unpaired) electrons. The molecule has 3 heterocycles. The van der Waals surface area contributed by atoms with E-state index in [9.17, 15) is 23.2 Å². The smallest absolute Gasteiger partial charge is 0.321 e. The lowest BCUT2D eigenvalue weighted by molar-refractivity contribution is -0.138. The van der Waals surface area contributed by atoms with Gasteiger partial charge in [0.15, 0.2) is 0 Å². The number of hydrogen-bond donors (Lipinski definition) is 0. The summed E-state index contributed by atoms with van der Waals surface area (Å²) in [4.78, 5) is 17.4. The number of halogens is 3. The lowest BCUT2D eigenvalue weighted by Gasteiger charge is -2.45. The Balaban J connectivity index is 1.31. The first-order valence-electron chi connectivity index (χ1n) is 14.7. The molecule has 220 valence electrons. The summed E-state index contributed by atoms with van der Waals surface area (Å²) in [5.41, 5.74) is 1.12. The first-order chi connectivity index (χ1) is 20.1. The van der Waals surface area contributed by atoms with Gasteiger partial charge in [0.25, 0.3) is 5.91 Å². The molecule has 3 aromatic rings. The van der Waals surface area contributed by atoms with Gasteiger partial charge in [-0.2, -0.15) is 18.4 Å². The molecule has 1 amide bonds. The summed E-state index contributed by atoms with van der Waals surface area (Å²) in [7, 11) is 1.87. The summed E-state index contributed by atoms with van der Waals surface area (Å²) >= 11 is 0. The van der Waals surface area contributed by atoms with Gasteiger partial charge in [0, 0.05) is 49.1 Å². The Morgan fingerprint density at radius 1 is 1.17 bits per heavy atom. The zero-order valence-corrected chi connectivity index (χ0v) is 24.0. The first-order valence-corrected chi connectivity index (χ1v) is 14.7. The van der Waals surface area contributed by atoms with Crippen LogP contribution in [0.3, 0.4) is 0 Å². The van der Waals surface area contributed by atoms with Gasteiger partial charge in [-0.05, 0) is 79.1 Å². The van der Waals surface area contributed by atoms with E-state index in [2.05, 4.69) is 28.1 Å². The summed E-state index contributed by atoms with van der Waals surface area (Å²) in [6.45, 7) is 4.13. The molecule has 2 aromatic carbocycles. The minimum atomic E-state index is -4.57. The van der Waals surface area contributed by atoms with Gasteiger partial charge in [-0.25, -0.2) is 0 Å². The summed E-state index contributed by atoms with van der Waals surface area (Å²) in [6, 6.07) is 12.8. The molecule has 1 atom stereocenters. The molecule has 1 aliphatic carbocycles. The fraction of sp³-hybridized carbons (Fsp3) is 0.500. The Bertz CT molecular complexity index is 1530. The van der Waals surface area contributed by atoms with Crippen molar-refractivity contribution in [1.29, 1.82) is 5.26 Å². The van der Waals surface area contributed by atoms with Crippen molar-refractivity contribution in [1.82, 2.24) is 19.7 Å². The van der Waals surface area contributed by atoms with Crippen LogP contribution in [0.1, 0.15) is 77.5 Å². The highest BCUT2D eigenvalue weighted by Crippen LogP contribution is 2.50. The molecule has 3 aliphatic rings. The standard InChI is InChI=1S/C32H35F3N6O/c1-21-6-3-4-9-40(17-21)18-22-10-26-27(28(11-22)32(33,34)35)19-41(30(26)42)25-8-5-7-24(12-25)31(13-23(14-31)16-36)15-29-38-37-20-39(29)2/h5,7-8,10-12,20-21,23H,3-4,6,9,13-15,17-19H2,1-2H3/t21?,23-,31-. The maximum Gasteiger partial charge on any atom is 0.416 e. The molecule has 6 rings (SSSR count). The number of anilines is 1. The number of alkyl halides is 3. The molecule has 1 aromatic heterocycles. The Morgan fingerprint density at radius 3 is 2.69 bits per heavy atom. The Labute approximate surface area is 243 Å². The van der Waals surface area contributed by atoms with Crippen molar-refractivity contribution in [2.24, 2.45) is 18.9 Å². The molecule has 7 nitrogen and oxygen atoms in total. The number of rotatable bonds is 6. The lowest BCUT2D eigenvalue weighted by atomic mass is 9.57. The van der Waals surface area contributed by atoms with E-state index >= 15 is 0 Å². The predicted molar refractivity (Wildman–Crippen MR) is 151 cm³/mol. The van der Waals surface area contributed by atoms with Crippen LogP contribution in [-0.4, -0.2) is 38.7 Å². The van der Waals surface area contributed by atoms with E-state index in [0.29, 0.717) is 43.0 Å². The zero-order valence-electron chi connectivity index (χ0n) is 24.0. The average molecular weight is 577 g/mol. The van der Waals surface area contributed by atoms with Crippen LogP contribution in [0.25, 0.3) is 0 Å². The van der Waals surface area contributed by atoms with Crippen LogP contribution in [-0.2, 0) is 38.1 Å². The van der Waals surface area contributed by atoms with Gasteiger partial charge >= 0.3 is 6.18 Å².